The first-order valence-corrected chi connectivity index (χ1v) is 8.09. The Kier molecular flexibility index (Phi) is 3.97. The molecular weight excluding hydrogens is 270 g/mol. The first-order valence-electron chi connectivity index (χ1n) is 7.56. The summed E-state index contributed by atoms with van der Waals surface area (Å²) in [6, 6.07) is 4.10. The van der Waals surface area contributed by atoms with Gasteiger partial charge in [-0.25, -0.2) is 9.97 Å². The van der Waals surface area contributed by atoms with Crippen molar-refractivity contribution < 1.29 is 0 Å². The Morgan fingerprint density at radius 3 is 2.85 bits per heavy atom. The van der Waals surface area contributed by atoms with Gasteiger partial charge in [0.2, 0.25) is 0 Å². The molecule has 20 heavy (non-hydrogen) atoms. The van der Waals surface area contributed by atoms with E-state index >= 15 is 0 Å². The Balaban J connectivity index is 1.97. The average Bonchev–Trinajstić information content (AvgIpc) is 2.96. The largest absolute Gasteiger partial charge is 0.312 e. The first-order chi connectivity index (χ1) is 9.67. The standard InChI is InChI=1S/C16H22ClN3/c1-11-3-5-13(9-11)10-20-15(7-8-17)19-14-6-4-12(2)18-16(14)20/h4,6,11,13H,3,5,7-10H2,1-2H3. The third-order valence-electron chi connectivity index (χ3n) is 4.37. The highest BCUT2D eigenvalue weighted by Crippen LogP contribution is 2.32. The molecule has 2 atom stereocenters. The number of alkyl halides is 1. The van der Waals surface area contributed by atoms with Gasteiger partial charge in [-0.2, -0.15) is 0 Å². The lowest BCUT2D eigenvalue weighted by molar-refractivity contribution is 0.438. The smallest absolute Gasteiger partial charge is 0.160 e. The molecule has 1 aliphatic rings. The number of aryl methyl sites for hydroxylation is 2. The van der Waals surface area contributed by atoms with Crippen molar-refractivity contribution in [1.82, 2.24) is 14.5 Å². The Bertz CT molecular complexity index is 605. The van der Waals surface area contributed by atoms with Gasteiger partial charge >= 0.3 is 0 Å². The van der Waals surface area contributed by atoms with Gasteiger partial charge < -0.3 is 4.57 Å². The molecule has 108 valence electrons. The van der Waals surface area contributed by atoms with Crippen molar-refractivity contribution in [3.05, 3.63) is 23.7 Å². The van der Waals surface area contributed by atoms with Crippen LogP contribution in [0.3, 0.4) is 0 Å². The molecule has 2 unspecified atom stereocenters. The Hall–Kier alpha value is -1.09. The summed E-state index contributed by atoms with van der Waals surface area (Å²) in [7, 11) is 0. The second-order valence-corrected chi connectivity index (χ2v) is 6.54. The number of imidazole rings is 1. The highest BCUT2D eigenvalue weighted by Gasteiger charge is 2.23. The molecule has 0 saturated heterocycles. The van der Waals surface area contributed by atoms with Crippen molar-refractivity contribution in [3.8, 4) is 0 Å². The van der Waals surface area contributed by atoms with E-state index in [0.29, 0.717) is 5.88 Å². The van der Waals surface area contributed by atoms with Crippen LogP contribution in [0.15, 0.2) is 12.1 Å². The van der Waals surface area contributed by atoms with Crippen LogP contribution < -0.4 is 0 Å². The number of rotatable bonds is 4. The predicted molar refractivity (Wildman–Crippen MR) is 83.2 cm³/mol. The SMILES string of the molecule is Cc1ccc2nc(CCCl)n(CC3CCC(C)C3)c2n1. The topological polar surface area (TPSA) is 30.7 Å². The molecule has 4 heteroatoms. The molecule has 0 spiro atoms. The number of fused-ring (bicyclic) bond motifs is 1. The van der Waals surface area contributed by atoms with E-state index in [1.54, 1.807) is 0 Å². The fourth-order valence-electron chi connectivity index (χ4n) is 3.36. The first kappa shape index (κ1) is 13.9. The molecule has 0 N–H and O–H groups in total. The molecule has 3 rings (SSSR count). The van der Waals surface area contributed by atoms with Crippen LogP contribution in [-0.4, -0.2) is 20.4 Å². The van der Waals surface area contributed by atoms with Crippen LogP contribution in [-0.2, 0) is 13.0 Å². The van der Waals surface area contributed by atoms with Crippen LogP contribution >= 0.6 is 11.6 Å². The Labute approximate surface area is 125 Å². The normalized spacial score (nSPS) is 22.8. The van der Waals surface area contributed by atoms with Gasteiger partial charge in [0.15, 0.2) is 5.65 Å². The van der Waals surface area contributed by atoms with Gasteiger partial charge in [0, 0.05) is 24.5 Å². The van der Waals surface area contributed by atoms with E-state index in [1.807, 2.05) is 13.0 Å². The molecule has 2 aromatic heterocycles. The van der Waals surface area contributed by atoms with Crippen molar-refractivity contribution in [2.45, 2.75) is 46.1 Å². The van der Waals surface area contributed by atoms with Crippen LogP contribution in [0.2, 0.25) is 0 Å². The highest BCUT2D eigenvalue weighted by molar-refractivity contribution is 6.17. The third kappa shape index (κ3) is 2.69. The lowest BCUT2D eigenvalue weighted by Crippen LogP contribution is -2.12. The summed E-state index contributed by atoms with van der Waals surface area (Å²) >= 11 is 5.93. The second-order valence-electron chi connectivity index (χ2n) is 6.16. The molecule has 0 amide bonds. The van der Waals surface area contributed by atoms with Crippen LogP contribution in [0.4, 0.5) is 0 Å². The molecule has 0 bridgehead atoms. The highest BCUT2D eigenvalue weighted by atomic mass is 35.5. The molecule has 2 heterocycles. The average molecular weight is 292 g/mol. The number of nitrogens with zero attached hydrogens (tertiary/aromatic N) is 3. The summed E-state index contributed by atoms with van der Waals surface area (Å²) in [4.78, 5) is 9.42. The fraction of sp³-hybridized carbons (Fsp3) is 0.625. The maximum Gasteiger partial charge on any atom is 0.160 e. The number of aromatic nitrogens is 3. The summed E-state index contributed by atoms with van der Waals surface area (Å²) in [6.45, 7) is 5.44. The molecule has 0 aliphatic heterocycles. The number of halogens is 1. The van der Waals surface area contributed by atoms with Crippen LogP contribution in [0.25, 0.3) is 11.2 Å². The molecule has 1 aliphatic carbocycles. The maximum absolute atomic E-state index is 5.93. The molecule has 1 fully saturated rings. The van der Waals surface area contributed by atoms with Gasteiger partial charge in [0.25, 0.3) is 0 Å². The van der Waals surface area contributed by atoms with E-state index in [0.717, 1.165) is 47.5 Å². The minimum atomic E-state index is 0.614. The maximum atomic E-state index is 5.93. The summed E-state index contributed by atoms with van der Waals surface area (Å²) in [5.41, 5.74) is 3.09. The lowest BCUT2D eigenvalue weighted by Gasteiger charge is -2.14. The zero-order valence-electron chi connectivity index (χ0n) is 12.3. The van der Waals surface area contributed by atoms with Crippen molar-refractivity contribution in [1.29, 1.82) is 0 Å². The molecular formula is C16H22ClN3. The van der Waals surface area contributed by atoms with Crippen molar-refractivity contribution in [3.63, 3.8) is 0 Å². The van der Waals surface area contributed by atoms with Gasteiger partial charge in [0.05, 0.1) is 0 Å². The summed E-state index contributed by atoms with van der Waals surface area (Å²) in [5.74, 6) is 3.33. The van der Waals surface area contributed by atoms with Crippen molar-refractivity contribution in [2.75, 3.05) is 5.88 Å². The van der Waals surface area contributed by atoms with Gasteiger partial charge in [-0.15, -0.1) is 11.6 Å². The van der Waals surface area contributed by atoms with Crippen molar-refractivity contribution in [2.24, 2.45) is 11.8 Å². The van der Waals surface area contributed by atoms with Gasteiger partial charge in [-0.05, 0) is 43.7 Å². The van der Waals surface area contributed by atoms with E-state index in [-0.39, 0.29) is 0 Å². The lowest BCUT2D eigenvalue weighted by atomic mass is 10.1. The van der Waals surface area contributed by atoms with E-state index < -0.39 is 0 Å². The fourth-order valence-corrected chi connectivity index (χ4v) is 3.53. The van der Waals surface area contributed by atoms with Crippen LogP contribution in [0.1, 0.15) is 37.7 Å². The summed E-state index contributed by atoms with van der Waals surface area (Å²) < 4.78 is 2.31. The molecule has 1 saturated carbocycles. The minimum Gasteiger partial charge on any atom is -0.312 e. The third-order valence-corrected chi connectivity index (χ3v) is 4.56. The van der Waals surface area contributed by atoms with Gasteiger partial charge in [0.1, 0.15) is 11.3 Å². The van der Waals surface area contributed by atoms with E-state index in [1.165, 1.54) is 19.3 Å². The van der Waals surface area contributed by atoms with Crippen molar-refractivity contribution >= 4 is 22.8 Å². The van der Waals surface area contributed by atoms with Gasteiger partial charge in [-0.1, -0.05) is 13.3 Å². The predicted octanol–water partition coefficient (Wildman–Crippen LogP) is 3.96. The summed E-state index contributed by atoms with van der Waals surface area (Å²) in [5, 5.41) is 0. The van der Waals surface area contributed by atoms with Gasteiger partial charge in [-0.3, -0.25) is 0 Å². The number of hydrogen-bond donors (Lipinski definition) is 0. The van der Waals surface area contributed by atoms with E-state index in [2.05, 4.69) is 17.6 Å². The van der Waals surface area contributed by atoms with E-state index in [4.69, 9.17) is 21.6 Å². The molecule has 0 aromatic carbocycles. The van der Waals surface area contributed by atoms with E-state index in [9.17, 15) is 0 Å². The quantitative estimate of drug-likeness (QED) is 0.798. The minimum absolute atomic E-state index is 0.614. The summed E-state index contributed by atoms with van der Waals surface area (Å²) in [6.07, 6.45) is 4.83. The number of pyridine rings is 1. The van der Waals surface area contributed by atoms with Crippen LogP contribution in [0.5, 0.6) is 0 Å². The molecule has 0 radical (unpaired) electrons. The molecule has 2 aromatic rings. The number of hydrogen-bond acceptors (Lipinski definition) is 2. The Morgan fingerprint density at radius 1 is 1.30 bits per heavy atom. The zero-order chi connectivity index (χ0) is 14.1. The Morgan fingerprint density at radius 2 is 2.15 bits per heavy atom. The second kappa shape index (κ2) is 5.72. The van der Waals surface area contributed by atoms with Crippen LogP contribution in [0, 0.1) is 18.8 Å². The monoisotopic (exact) mass is 291 g/mol. The zero-order valence-corrected chi connectivity index (χ0v) is 13.0. The molecule has 3 nitrogen and oxygen atoms in total.